The van der Waals surface area contributed by atoms with E-state index in [1.165, 1.54) is 18.2 Å². The van der Waals surface area contributed by atoms with Crippen molar-refractivity contribution in [3.63, 3.8) is 0 Å². The van der Waals surface area contributed by atoms with E-state index in [0.29, 0.717) is 15.5 Å². The van der Waals surface area contributed by atoms with Gasteiger partial charge in [-0.15, -0.1) is 0 Å². The van der Waals surface area contributed by atoms with Crippen LogP contribution in [0, 0.1) is 0 Å². The normalized spacial score (nSPS) is 10.6. The zero-order valence-corrected chi connectivity index (χ0v) is 12.2. The summed E-state index contributed by atoms with van der Waals surface area (Å²) in [5, 5.41) is 22.7. The van der Waals surface area contributed by atoms with Crippen LogP contribution in [0.2, 0.25) is 5.02 Å². The fraction of sp³-hybridized carbons (Fsp3) is 0. The average Bonchev–Trinajstić information content (AvgIpc) is 2.55. The van der Waals surface area contributed by atoms with Gasteiger partial charge in [0.15, 0.2) is 0 Å². The van der Waals surface area contributed by atoms with Crippen molar-refractivity contribution < 1.29 is 15.1 Å². The van der Waals surface area contributed by atoms with Crippen LogP contribution in [-0.2, 0) is 0 Å². The number of hydroxylamine groups is 1. The Labute approximate surface area is 131 Å². The minimum absolute atomic E-state index is 0.0265. The largest absolute Gasteiger partial charge is 0.505 e. The molecule has 5 heteroatoms. The first-order valence-electron chi connectivity index (χ1n) is 6.57. The molecule has 1 amide bonds. The van der Waals surface area contributed by atoms with Gasteiger partial charge in [0.2, 0.25) is 0 Å². The molecule has 0 heterocycles. The fourth-order valence-corrected chi connectivity index (χ4v) is 2.36. The van der Waals surface area contributed by atoms with Gasteiger partial charge in [0.05, 0.1) is 0 Å². The number of halogens is 1. The molecule has 0 aliphatic rings. The van der Waals surface area contributed by atoms with Crippen LogP contribution in [0.3, 0.4) is 0 Å². The molecule has 0 atom stereocenters. The lowest BCUT2D eigenvalue weighted by atomic mass is 10.1. The third-order valence-corrected chi connectivity index (χ3v) is 3.64. The number of benzene rings is 3. The highest BCUT2D eigenvalue weighted by Crippen LogP contribution is 2.35. The maximum Gasteiger partial charge on any atom is 0.282 e. The smallest absolute Gasteiger partial charge is 0.282 e. The molecule has 3 rings (SSSR count). The summed E-state index contributed by atoms with van der Waals surface area (Å²) in [7, 11) is 0. The highest BCUT2D eigenvalue weighted by molar-refractivity contribution is 6.30. The zero-order valence-electron chi connectivity index (χ0n) is 11.4. The summed E-state index contributed by atoms with van der Waals surface area (Å²) in [6.45, 7) is 0. The predicted octanol–water partition coefficient (Wildman–Crippen LogP) is 4.23. The molecule has 0 radical (unpaired) electrons. The van der Waals surface area contributed by atoms with Crippen LogP contribution in [0.25, 0.3) is 10.8 Å². The van der Waals surface area contributed by atoms with E-state index in [1.54, 1.807) is 30.3 Å². The Kier molecular flexibility index (Phi) is 3.71. The van der Waals surface area contributed by atoms with E-state index < -0.39 is 5.91 Å². The van der Waals surface area contributed by atoms with Gasteiger partial charge in [-0.2, -0.15) is 5.06 Å². The van der Waals surface area contributed by atoms with Gasteiger partial charge in [-0.05, 0) is 35.7 Å². The van der Waals surface area contributed by atoms with Gasteiger partial charge in [0.1, 0.15) is 11.4 Å². The second-order valence-electron chi connectivity index (χ2n) is 4.78. The molecule has 4 nitrogen and oxygen atoms in total. The van der Waals surface area contributed by atoms with Gasteiger partial charge in [0, 0.05) is 16.0 Å². The molecular formula is C17H12ClNO3. The standard InChI is InChI=1S/C17H12ClNO3/c18-13-8-5-12(6-9-13)17(21)19(22)15-10-7-11-3-1-2-4-14(11)16(15)20/h1-10,20,22H. The minimum Gasteiger partial charge on any atom is -0.505 e. The van der Waals surface area contributed by atoms with Crippen LogP contribution in [0.5, 0.6) is 5.75 Å². The number of phenolic OH excluding ortho intramolecular Hbond substituents is 1. The SMILES string of the molecule is O=C(c1ccc(Cl)cc1)N(O)c1ccc2ccccc2c1O. The van der Waals surface area contributed by atoms with Gasteiger partial charge in [0.25, 0.3) is 5.91 Å². The molecule has 0 aliphatic heterocycles. The number of hydrogen-bond acceptors (Lipinski definition) is 3. The number of phenols is 1. The van der Waals surface area contributed by atoms with Crippen molar-refractivity contribution in [1.82, 2.24) is 0 Å². The molecule has 0 bridgehead atoms. The lowest BCUT2D eigenvalue weighted by Gasteiger charge is -2.17. The van der Waals surface area contributed by atoms with Gasteiger partial charge in [-0.1, -0.05) is 41.9 Å². The van der Waals surface area contributed by atoms with Crippen LogP contribution in [0.1, 0.15) is 10.4 Å². The van der Waals surface area contributed by atoms with Crippen molar-refractivity contribution >= 4 is 34.0 Å². The summed E-state index contributed by atoms with van der Waals surface area (Å²) in [4.78, 5) is 12.3. The Morgan fingerprint density at radius 2 is 1.64 bits per heavy atom. The number of carbonyl (C=O) groups is 1. The van der Waals surface area contributed by atoms with Gasteiger partial charge in [-0.25, -0.2) is 0 Å². The highest BCUT2D eigenvalue weighted by atomic mass is 35.5. The molecular weight excluding hydrogens is 302 g/mol. The van der Waals surface area contributed by atoms with Crippen LogP contribution in [-0.4, -0.2) is 16.2 Å². The second kappa shape index (κ2) is 5.67. The number of carbonyl (C=O) groups excluding carboxylic acids is 1. The van der Waals surface area contributed by atoms with Crippen molar-refractivity contribution in [2.24, 2.45) is 0 Å². The molecule has 0 unspecified atom stereocenters. The number of hydrogen-bond donors (Lipinski definition) is 2. The fourth-order valence-electron chi connectivity index (χ4n) is 2.24. The van der Waals surface area contributed by atoms with Crippen LogP contribution in [0.4, 0.5) is 5.69 Å². The Hall–Kier alpha value is -2.56. The van der Waals surface area contributed by atoms with Crippen LogP contribution >= 0.6 is 11.6 Å². The van der Waals surface area contributed by atoms with E-state index in [2.05, 4.69) is 0 Å². The average molecular weight is 314 g/mol. The lowest BCUT2D eigenvalue weighted by molar-refractivity contribution is 0.0853. The van der Waals surface area contributed by atoms with Gasteiger partial charge < -0.3 is 5.11 Å². The Morgan fingerprint density at radius 3 is 2.36 bits per heavy atom. The number of aromatic hydroxyl groups is 1. The molecule has 3 aromatic carbocycles. The van der Waals surface area contributed by atoms with Gasteiger partial charge >= 0.3 is 0 Å². The second-order valence-corrected chi connectivity index (χ2v) is 5.21. The van der Waals surface area contributed by atoms with E-state index in [0.717, 1.165) is 5.39 Å². The maximum absolute atomic E-state index is 12.3. The molecule has 22 heavy (non-hydrogen) atoms. The first-order chi connectivity index (χ1) is 10.6. The summed E-state index contributed by atoms with van der Waals surface area (Å²) in [5.41, 5.74) is 0.290. The summed E-state index contributed by atoms with van der Waals surface area (Å²) in [6, 6.07) is 16.5. The Morgan fingerprint density at radius 1 is 0.955 bits per heavy atom. The summed E-state index contributed by atoms with van der Waals surface area (Å²) in [6.07, 6.45) is 0. The first-order valence-corrected chi connectivity index (χ1v) is 6.95. The third kappa shape index (κ3) is 2.50. The molecule has 3 aromatic rings. The minimum atomic E-state index is -0.651. The van der Waals surface area contributed by atoms with E-state index in [9.17, 15) is 15.1 Å². The van der Waals surface area contributed by atoms with Crippen molar-refractivity contribution in [2.45, 2.75) is 0 Å². The number of nitrogens with zero attached hydrogens (tertiary/aromatic N) is 1. The number of anilines is 1. The number of fused-ring (bicyclic) bond motifs is 1. The molecule has 0 aromatic heterocycles. The number of amides is 1. The lowest BCUT2D eigenvalue weighted by Crippen LogP contribution is -2.27. The van der Waals surface area contributed by atoms with Crippen LogP contribution in [0.15, 0.2) is 60.7 Å². The summed E-state index contributed by atoms with van der Waals surface area (Å²) in [5.74, 6) is -0.801. The maximum atomic E-state index is 12.3. The first kappa shape index (κ1) is 14.4. The molecule has 0 fully saturated rings. The number of rotatable bonds is 2. The highest BCUT2D eigenvalue weighted by Gasteiger charge is 2.19. The van der Waals surface area contributed by atoms with E-state index >= 15 is 0 Å². The predicted molar refractivity (Wildman–Crippen MR) is 85.7 cm³/mol. The summed E-state index contributed by atoms with van der Waals surface area (Å²) >= 11 is 5.78. The molecule has 2 N–H and O–H groups in total. The monoisotopic (exact) mass is 313 g/mol. The topological polar surface area (TPSA) is 60.8 Å². The van der Waals surface area contributed by atoms with E-state index in [-0.39, 0.29) is 17.0 Å². The van der Waals surface area contributed by atoms with Crippen molar-refractivity contribution in [3.05, 3.63) is 71.2 Å². The molecule has 0 saturated heterocycles. The summed E-state index contributed by atoms with van der Waals surface area (Å²) < 4.78 is 0. The third-order valence-electron chi connectivity index (χ3n) is 3.39. The van der Waals surface area contributed by atoms with Crippen molar-refractivity contribution in [3.8, 4) is 5.75 Å². The van der Waals surface area contributed by atoms with Gasteiger partial charge in [-0.3, -0.25) is 10.0 Å². The Balaban J connectivity index is 2.01. The molecule has 0 saturated carbocycles. The van der Waals surface area contributed by atoms with Crippen molar-refractivity contribution in [2.75, 3.05) is 5.06 Å². The van der Waals surface area contributed by atoms with Crippen LogP contribution < -0.4 is 5.06 Å². The zero-order chi connectivity index (χ0) is 15.7. The van der Waals surface area contributed by atoms with E-state index in [1.807, 2.05) is 12.1 Å². The van der Waals surface area contributed by atoms with E-state index in [4.69, 9.17) is 11.6 Å². The molecule has 110 valence electrons. The Bertz CT molecular complexity index is 846. The quantitative estimate of drug-likeness (QED) is 0.549. The van der Waals surface area contributed by atoms with Crippen molar-refractivity contribution in [1.29, 1.82) is 0 Å². The molecule has 0 aliphatic carbocycles. The molecule has 0 spiro atoms.